The molecule has 0 atom stereocenters. The van der Waals surface area contributed by atoms with Crippen LogP contribution in [-0.4, -0.2) is 24.5 Å². The van der Waals surface area contributed by atoms with Crippen molar-refractivity contribution < 1.29 is 0 Å². The van der Waals surface area contributed by atoms with E-state index in [1.54, 1.807) is 0 Å². The highest BCUT2D eigenvalue weighted by Gasteiger charge is 2.09. The minimum atomic E-state index is 0. The molecule has 0 N–H and O–H groups in total. The molecule has 110 valence electrons. The topological polar surface area (TPSA) is 3.24 Å². The van der Waals surface area contributed by atoms with Gasteiger partial charge in [-0.05, 0) is 38.9 Å². The monoisotopic (exact) mass is 275 g/mol. The Morgan fingerprint density at radius 2 is 1.11 bits per heavy atom. The number of hydrogen-bond donors (Lipinski definition) is 0. The highest BCUT2D eigenvalue weighted by atomic mass is 35.5. The number of likely N-dealkylation sites (tertiary alicyclic amines) is 1. The second-order valence-electron chi connectivity index (χ2n) is 5.73. The second-order valence-corrected chi connectivity index (χ2v) is 5.73. The Morgan fingerprint density at radius 1 is 0.667 bits per heavy atom. The van der Waals surface area contributed by atoms with Crippen molar-refractivity contribution in [2.45, 2.75) is 84.0 Å². The van der Waals surface area contributed by atoms with Gasteiger partial charge in [0.05, 0.1) is 0 Å². The van der Waals surface area contributed by atoms with Crippen molar-refractivity contribution in [1.29, 1.82) is 0 Å². The number of halogens is 1. The van der Waals surface area contributed by atoms with Gasteiger partial charge in [0.2, 0.25) is 0 Å². The molecule has 1 aliphatic heterocycles. The molecule has 0 unspecified atom stereocenters. The van der Waals surface area contributed by atoms with Gasteiger partial charge >= 0.3 is 0 Å². The maximum atomic E-state index is 2.64. The molecule has 0 aromatic rings. The lowest BCUT2D eigenvalue weighted by Gasteiger charge is -2.13. The highest BCUT2D eigenvalue weighted by molar-refractivity contribution is 5.85. The van der Waals surface area contributed by atoms with Gasteiger partial charge in [-0.3, -0.25) is 0 Å². The molecule has 0 bridgehead atoms. The molecule has 1 aliphatic rings. The average molecular weight is 276 g/mol. The van der Waals surface area contributed by atoms with Crippen LogP contribution in [0.2, 0.25) is 0 Å². The van der Waals surface area contributed by atoms with Gasteiger partial charge in [0.25, 0.3) is 0 Å². The summed E-state index contributed by atoms with van der Waals surface area (Å²) in [6.45, 7) is 6.41. The summed E-state index contributed by atoms with van der Waals surface area (Å²) in [5, 5.41) is 0. The lowest BCUT2D eigenvalue weighted by Crippen LogP contribution is -2.20. The highest BCUT2D eigenvalue weighted by Crippen LogP contribution is 2.12. The van der Waals surface area contributed by atoms with Crippen molar-refractivity contribution in [3.8, 4) is 0 Å². The number of rotatable bonds is 11. The number of unbranched alkanes of at least 4 members (excludes halogenated alkanes) is 9. The molecule has 1 fully saturated rings. The van der Waals surface area contributed by atoms with E-state index < -0.39 is 0 Å². The largest absolute Gasteiger partial charge is 0.303 e. The molecule has 2 heteroatoms. The standard InChI is InChI=1S/C16H33N.ClH/c1-2-3-4-5-6-7-8-9-10-11-14-17-15-12-13-16-17;/h2-16H2,1H3;1H. The fourth-order valence-corrected chi connectivity index (χ4v) is 2.83. The number of hydrogen-bond acceptors (Lipinski definition) is 1. The summed E-state index contributed by atoms with van der Waals surface area (Å²) in [5.41, 5.74) is 0. The van der Waals surface area contributed by atoms with Crippen molar-refractivity contribution >= 4 is 12.4 Å². The summed E-state index contributed by atoms with van der Waals surface area (Å²) in [4.78, 5) is 2.64. The van der Waals surface area contributed by atoms with Crippen molar-refractivity contribution in [2.24, 2.45) is 0 Å². The third-order valence-electron chi connectivity index (χ3n) is 4.03. The third kappa shape index (κ3) is 10.2. The Morgan fingerprint density at radius 3 is 1.61 bits per heavy atom. The van der Waals surface area contributed by atoms with Crippen LogP contribution in [0.15, 0.2) is 0 Å². The van der Waals surface area contributed by atoms with E-state index in [2.05, 4.69) is 11.8 Å². The molecule has 0 aliphatic carbocycles. The van der Waals surface area contributed by atoms with Crippen LogP contribution in [0.4, 0.5) is 0 Å². The first-order valence-corrected chi connectivity index (χ1v) is 8.16. The molecule has 0 saturated carbocycles. The summed E-state index contributed by atoms with van der Waals surface area (Å²) >= 11 is 0. The molecule has 0 aromatic heterocycles. The molecular weight excluding hydrogens is 242 g/mol. The average Bonchev–Trinajstić information content (AvgIpc) is 2.85. The van der Waals surface area contributed by atoms with Gasteiger partial charge in [0, 0.05) is 0 Å². The van der Waals surface area contributed by atoms with E-state index in [-0.39, 0.29) is 12.4 Å². The Balaban J connectivity index is 0.00000289. The van der Waals surface area contributed by atoms with Crippen molar-refractivity contribution in [3.63, 3.8) is 0 Å². The van der Waals surface area contributed by atoms with Crippen LogP contribution in [0, 0.1) is 0 Å². The summed E-state index contributed by atoms with van der Waals surface area (Å²) in [6.07, 6.45) is 17.4. The zero-order valence-corrected chi connectivity index (χ0v) is 13.3. The SMILES string of the molecule is CCCCCCCCCCCCN1CCCC1.Cl. The maximum absolute atomic E-state index is 2.64. The smallest absolute Gasteiger partial charge is 0.00183 e. The molecule has 1 nitrogen and oxygen atoms in total. The fourth-order valence-electron chi connectivity index (χ4n) is 2.83. The van der Waals surface area contributed by atoms with E-state index in [0.717, 1.165) is 0 Å². The molecule has 0 radical (unpaired) electrons. The van der Waals surface area contributed by atoms with Gasteiger partial charge in [0.15, 0.2) is 0 Å². The maximum Gasteiger partial charge on any atom is -0.00183 e. The van der Waals surface area contributed by atoms with E-state index in [1.165, 1.54) is 96.7 Å². The zero-order valence-electron chi connectivity index (χ0n) is 12.5. The van der Waals surface area contributed by atoms with E-state index in [4.69, 9.17) is 0 Å². The van der Waals surface area contributed by atoms with Crippen LogP contribution in [0.3, 0.4) is 0 Å². The van der Waals surface area contributed by atoms with Gasteiger partial charge < -0.3 is 4.90 Å². The molecule has 1 rings (SSSR count). The van der Waals surface area contributed by atoms with E-state index in [9.17, 15) is 0 Å². The van der Waals surface area contributed by atoms with Gasteiger partial charge in [-0.1, -0.05) is 64.7 Å². The second kappa shape index (κ2) is 13.7. The van der Waals surface area contributed by atoms with Gasteiger partial charge in [-0.15, -0.1) is 12.4 Å². The Kier molecular flexibility index (Phi) is 13.9. The van der Waals surface area contributed by atoms with Crippen LogP contribution in [0.5, 0.6) is 0 Å². The van der Waals surface area contributed by atoms with Crippen molar-refractivity contribution in [1.82, 2.24) is 4.90 Å². The summed E-state index contributed by atoms with van der Waals surface area (Å²) in [5.74, 6) is 0. The first kappa shape index (κ1) is 18.2. The lowest BCUT2D eigenvalue weighted by molar-refractivity contribution is 0.327. The van der Waals surface area contributed by atoms with Crippen LogP contribution in [-0.2, 0) is 0 Å². The number of nitrogens with zero attached hydrogens (tertiary/aromatic N) is 1. The predicted molar refractivity (Wildman–Crippen MR) is 84.8 cm³/mol. The molecule has 1 saturated heterocycles. The van der Waals surface area contributed by atoms with Crippen LogP contribution in [0.1, 0.15) is 84.0 Å². The van der Waals surface area contributed by atoms with Crippen LogP contribution in [0.25, 0.3) is 0 Å². The Bertz CT molecular complexity index is 155. The first-order valence-electron chi connectivity index (χ1n) is 8.16. The first-order chi connectivity index (χ1) is 8.43. The Hall–Kier alpha value is 0.250. The fraction of sp³-hybridized carbons (Fsp3) is 1.00. The van der Waals surface area contributed by atoms with E-state index >= 15 is 0 Å². The van der Waals surface area contributed by atoms with Crippen LogP contribution < -0.4 is 0 Å². The molecule has 1 heterocycles. The van der Waals surface area contributed by atoms with Crippen molar-refractivity contribution in [2.75, 3.05) is 19.6 Å². The molecule has 0 spiro atoms. The third-order valence-corrected chi connectivity index (χ3v) is 4.03. The molecule has 18 heavy (non-hydrogen) atoms. The summed E-state index contributed by atoms with van der Waals surface area (Å²) in [7, 11) is 0. The quantitative estimate of drug-likeness (QED) is 0.455. The Labute approximate surface area is 121 Å². The van der Waals surface area contributed by atoms with Crippen LogP contribution >= 0.6 is 12.4 Å². The summed E-state index contributed by atoms with van der Waals surface area (Å²) in [6, 6.07) is 0. The van der Waals surface area contributed by atoms with Gasteiger partial charge in [0.1, 0.15) is 0 Å². The van der Waals surface area contributed by atoms with E-state index in [0.29, 0.717) is 0 Å². The van der Waals surface area contributed by atoms with Gasteiger partial charge in [-0.25, -0.2) is 0 Å². The normalized spacial score (nSPS) is 15.8. The molecule has 0 aromatic carbocycles. The van der Waals surface area contributed by atoms with E-state index in [1.807, 2.05) is 0 Å². The van der Waals surface area contributed by atoms with Crippen molar-refractivity contribution in [3.05, 3.63) is 0 Å². The zero-order chi connectivity index (χ0) is 12.2. The predicted octanol–water partition coefficient (Wildman–Crippen LogP) is 5.42. The summed E-state index contributed by atoms with van der Waals surface area (Å²) < 4.78 is 0. The lowest BCUT2D eigenvalue weighted by atomic mass is 10.1. The van der Waals surface area contributed by atoms with Gasteiger partial charge in [-0.2, -0.15) is 0 Å². The molecular formula is C16H34ClN. The molecule has 0 amide bonds. The minimum absolute atomic E-state index is 0. The minimum Gasteiger partial charge on any atom is -0.303 e.